The van der Waals surface area contributed by atoms with Gasteiger partial charge in [0.15, 0.2) is 0 Å². The molecular weight excluding hydrogens is 230 g/mol. The minimum Gasteiger partial charge on any atom is -0.496 e. The quantitative estimate of drug-likeness (QED) is 0.837. The molecule has 2 rings (SSSR count). The maximum atomic E-state index is 11.1. The summed E-state index contributed by atoms with van der Waals surface area (Å²) < 4.78 is 5.30. The molecule has 18 heavy (non-hydrogen) atoms. The highest BCUT2D eigenvalue weighted by Crippen LogP contribution is 2.46. The van der Waals surface area contributed by atoms with E-state index < -0.39 is 11.4 Å². The maximum absolute atomic E-state index is 11.1. The van der Waals surface area contributed by atoms with Gasteiger partial charge in [0.05, 0.1) is 12.5 Å². The Kier molecular flexibility index (Phi) is 3.57. The molecule has 1 fully saturated rings. The van der Waals surface area contributed by atoms with Crippen LogP contribution in [0.1, 0.15) is 18.4 Å². The summed E-state index contributed by atoms with van der Waals surface area (Å²) in [7, 11) is 3.61. The van der Waals surface area contributed by atoms with Crippen LogP contribution in [0.2, 0.25) is 0 Å². The summed E-state index contributed by atoms with van der Waals surface area (Å²) in [6, 6.07) is 7.83. The van der Waals surface area contributed by atoms with Crippen LogP contribution >= 0.6 is 0 Å². The third-order valence-electron chi connectivity index (χ3n) is 3.51. The molecule has 0 aliphatic heterocycles. The molecule has 0 unspecified atom stereocenters. The third-order valence-corrected chi connectivity index (χ3v) is 3.51. The number of carbonyl (C=O) groups is 1. The highest BCUT2D eigenvalue weighted by Gasteiger charge is 2.50. The number of hydrogen-bond acceptors (Lipinski definition) is 3. The number of carboxylic acids is 1. The van der Waals surface area contributed by atoms with Gasteiger partial charge in [-0.3, -0.25) is 4.79 Å². The molecule has 0 radical (unpaired) electrons. The molecule has 1 N–H and O–H groups in total. The first kappa shape index (κ1) is 12.9. The lowest BCUT2D eigenvalue weighted by atomic mass is 10.1. The summed E-state index contributed by atoms with van der Waals surface area (Å²) >= 11 is 0. The summed E-state index contributed by atoms with van der Waals surface area (Å²) in [5, 5.41) is 9.17. The van der Waals surface area contributed by atoms with Crippen LogP contribution in [0.15, 0.2) is 24.3 Å². The van der Waals surface area contributed by atoms with E-state index in [0.29, 0.717) is 13.1 Å². The van der Waals surface area contributed by atoms with Gasteiger partial charge in [0.2, 0.25) is 0 Å². The smallest absolute Gasteiger partial charge is 0.310 e. The Labute approximate surface area is 107 Å². The van der Waals surface area contributed by atoms with E-state index in [1.54, 1.807) is 7.11 Å². The van der Waals surface area contributed by atoms with Gasteiger partial charge in [-0.1, -0.05) is 18.2 Å². The van der Waals surface area contributed by atoms with Gasteiger partial charge >= 0.3 is 5.97 Å². The molecule has 0 bridgehead atoms. The minimum absolute atomic E-state index is 0.503. The van der Waals surface area contributed by atoms with Crippen LogP contribution in [0, 0.1) is 5.41 Å². The van der Waals surface area contributed by atoms with Gasteiger partial charge in [-0.05, 0) is 26.0 Å². The molecule has 1 aromatic carbocycles. The Hall–Kier alpha value is -1.55. The number of aliphatic carboxylic acids is 1. The average Bonchev–Trinajstić information content (AvgIpc) is 3.10. The third kappa shape index (κ3) is 2.64. The van der Waals surface area contributed by atoms with Crippen molar-refractivity contribution in [3.8, 4) is 5.75 Å². The summed E-state index contributed by atoms with van der Waals surface area (Å²) in [5.41, 5.74) is 0.584. The van der Waals surface area contributed by atoms with Crippen LogP contribution in [0.4, 0.5) is 0 Å². The standard InChI is InChI=1S/C14H19NO3/c1-15(10-14(7-8-14)13(16)17)9-11-5-3-4-6-12(11)18-2/h3-6H,7-10H2,1-2H3,(H,16,17). The predicted octanol–water partition coefficient (Wildman–Crippen LogP) is 1.99. The van der Waals surface area contributed by atoms with Crippen molar-refractivity contribution in [2.45, 2.75) is 19.4 Å². The average molecular weight is 249 g/mol. The second-order valence-electron chi connectivity index (χ2n) is 5.07. The highest BCUT2D eigenvalue weighted by atomic mass is 16.5. The van der Waals surface area contributed by atoms with Crippen LogP contribution < -0.4 is 4.74 Å². The number of carboxylic acid groups (broad SMARTS) is 1. The number of rotatable bonds is 6. The van der Waals surface area contributed by atoms with Crippen LogP contribution in [0.3, 0.4) is 0 Å². The molecule has 0 amide bonds. The monoisotopic (exact) mass is 249 g/mol. The molecule has 1 aliphatic carbocycles. The largest absolute Gasteiger partial charge is 0.496 e. The Balaban J connectivity index is 1.99. The highest BCUT2D eigenvalue weighted by molar-refractivity contribution is 5.78. The van der Waals surface area contributed by atoms with E-state index in [0.717, 1.165) is 24.2 Å². The predicted molar refractivity (Wildman–Crippen MR) is 68.6 cm³/mol. The second-order valence-corrected chi connectivity index (χ2v) is 5.07. The molecule has 0 atom stereocenters. The van der Waals surface area contributed by atoms with Gasteiger partial charge in [-0.15, -0.1) is 0 Å². The maximum Gasteiger partial charge on any atom is 0.310 e. The lowest BCUT2D eigenvalue weighted by Gasteiger charge is -2.21. The van der Waals surface area contributed by atoms with E-state index in [1.165, 1.54) is 0 Å². The van der Waals surface area contributed by atoms with Gasteiger partial charge in [0.1, 0.15) is 5.75 Å². The molecule has 4 heteroatoms. The second kappa shape index (κ2) is 4.98. The summed E-state index contributed by atoms with van der Waals surface area (Å²) in [4.78, 5) is 13.2. The van der Waals surface area contributed by atoms with Crippen LogP contribution in [-0.4, -0.2) is 36.7 Å². The molecule has 0 saturated heterocycles. The summed E-state index contributed by atoms with van der Waals surface area (Å²) in [6.07, 6.45) is 1.58. The number of benzene rings is 1. The van der Waals surface area contributed by atoms with E-state index in [1.807, 2.05) is 31.3 Å². The van der Waals surface area contributed by atoms with Gasteiger partial charge in [0.25, 0.3) is 0 Å². The van der Waals surface area contributed by atoms with Crippen molar-refractivity contribution in [2.24, 2.45) is 5.41 Å². The molecular formula is C14H19NO3. The van der Waals surface area contributed by atoms with E-state index in [2.05, 4.69) is 4.90 Å². The Morgan fingerprint density at radius 2 is 2.11 bits per heavy atom. The molecule has 0 heterocycles. The van der Waals surface area contributed by atoms with Gasteiger partial charge in [-0.2, -0.15) is 0 Å². The fourth-order valence-electron chi connectivity index (χ4n) is 2.29. The molecule has 1 saturated carbocycles. The zero-order chi connectivity index (χ0) is 13.2. The Bertz CT molecular complexity index is 440. The van der Waals surface area contributed by atoms with Crippen molar-refractivity contribution >= 4 is 5.97 Å². The zero-order valence-electron chi connectivity index (χ0n) is 10.8. The van der Waals surface area contributed by atoms with E-state index in [4.69, 9.17) is 9.84 Å². The first-order valence-corrected chi connectivity index (χ1v) is 6.11. The first-order chi connectivity index (χ1) is 8.57. The topological polar surface area (TPSA) is 49.8 Å². The molecule has 0 spiro atoms. The van der Waals surface area contributed by atoms with E-state index >= 15 is 0 Å². The van der Waals surface area contributed by atoms with Crippen molar-refractivity contribution in [3.05, 3.63) is 29.8 Å². The van der Waals surface area contributed by atoms with Crippen LogP contribution in [-0.2, 0) is 11.3 Å². The Morgan fingerprint density at radius 3 is 2.67 bits per heavy atom. The normalized spacial score (nSPS) is 16.6. The van der Waals surface area contributed by atoms with E-state index in [9.17, 15) is 4.79 Å². The number of para-hydroxylation sites is 1. The first-order valence-electron chi connectivity index (χ1n) is 6.11. The lowest BCUT2D eigenvalue weighted by Crippen LogP contribution is -2.31. The molecule has 98 valence electrons. The summed E-state index contributed by atoms with van der Waals surface area (Å²) in [6.45, 7) is 1.30. The van der Waals surface area contributed by atoms with Gasteiger partial charge in [0, 0.05) is 18.7 Å². The van der Waals surface area contributed by atoms with Crippen molar-refractivity contribution in [3.63, 3.8) is 0 Å². The Morgan fingerprint density at radius 1 is 1.44 bits per heavy atom. The number of methoxy groups -OCH3 is 1. The lowest BCUT2D eigenvalue weighted by molar-refractivity contribution is -0.144. The SMILES string of the molecule is COc1ccccc1CN(C)CC1(C(=O)O)CC1. The molecule has 4 nitrogen and oxygen atoms in total. The molecule has 0 aromatic heterocycles. The fourth-order valence-corrected chi connectivity index (χ4v) is 2.29. The summed E-state index contributed by atoms with van der Waals surface area (Å²) in [5.74, 6) is 0.180. The van der Waals surface area contributed by atoms with Crippen LogP contribution in [0.25, 0.3) is 0 Å². The van der Waals surface area contributed by atoms with Crippen molar-refractivity contribution < 1.29 is 14.6 Å². The van der Waals surface area contributed by atoms with Gasteiger partial charge < -0.3 is 14.7 Å². The fraction of sp³-hybridized carbons (Fsp3) is 0.500. The number of nitrogens with zero attached hydrogens (tertiary/aromatic N) is 1. The number of hydrogen-bond donors (Lipinski definition) is 1. The van der Waals surface area contributed by atoms with Crippen molar-refractivity contribution in [1.82, 2.24) is 4.90 Å². The van der Waals surface area contributed by atoms with Crippen LogP contribution in [0.5, 0.6) is 5.75 Å². The van der Waals surface area contributed by atoms with Gasteiger partial charge in [-0.25, -0.2) is 0 Å². The zero-order valence-corrected chi connectivity index (χ0v) is 10.8. The molecule has 1 aliphatic rings. The van der Waals surface area contributed by atoms with Crippen molar-refractivity contribution in [2.75, 3.05) is 20.7 Å². The minimum atomic E-state index is -0.672. The van der Waals surface area contributed by atoms with Crippen molar-refractivity contribution in [1.29, 1.82) is 0 Å². The van der Waals surface area contributed by atoms with E-state index in [-0.39, 0.29) is 0 Å². The molecule has 1 aromatic rings. The number of ether oxygens (including phenoxy) is 1.